The van der Waals surface area contributed by atoms with E-state index in [9.17, 15) is 36.4 Å². The highest BCUT2D eigenvalue weighted by Gasteiger charge is 2.67. The molecule has 1 aromatic heterocycles. The van der Waals surface area contributed by atoms with Gasteiger partial charge < -0.3 is 24.4 Å². The quantitative estimate of drug-likeness (QED) is 0.280. The topological polar surface area (TPSA) is 183 Å². The van der Waals surface area contributed by atoms with Gasteiger partial charge in [0.15, 0.2) is 11.5 Å². The van der Waals surface area contributed by atoms with E-state index in [1.807, 2.05) is 4.72 Å². The molecule has 14 nitrogen and oxygen atoms in total. The smallest absolute Gasteiger partial charge is 0.408 e. The lowest BCUT2D eigenvalue weighted by Crippen LogP contribution is -2.57. The summed E-state index contributed by atoms with van der Waals surface area (Å²) in [5.41, 5.74) is -3.52. The summed E-state index contributed by atoms with van der Waals surface area (Å²) in [6.07, 6.45) is -5.40. The Morgan fingerprint density at radius 2 is 1.78 bits per heavy atom. The molecule has 1 saturated heterocycles. The Balaban J connectivity index is 1.30. The van der Waals surface area contributed by atoms with Crippen molar-refractivity contribution in [2.45, 2.75) is 140 Å². The van der Waals surface area contributed by atoms with E-state index in [1.54, 1.807) is 33.8 Å². The highest BCUT2D eigenvalue weighted by molar-refractivity contribution is 7.91. The molecular formula is C41H53F4N5O9S. The van der Waals surface area contributed by atoms with Crippen LogP contribution in [-0.4, -0.2) is 96.1 Å². The third kappa shape index (κ3) is 8.35. The number of alkyl carbamates (subject to hydrolysis) is 1. The summed E-state index contributed by atoms with van der Waals surface area (Å²) in [4.78, 5) is 66.6. The number of ketones is 1. The second kappa shape index (κ2) is 15.6. The van der Waals surface area contributed by atoms with E-state index in [1.165, 1.54) is 26.2 Å². The SMILES string of the molecule is CC[C@@H]1[C@@H]2CN(C(=O)[C@H](C(C)(C)C)NC(=O)O[C@@H]3CC3CCCCC(F)(F)c3nc4ccc(OC)cc4nc3O2)[C@@H]1C(=O)C[C@]1(C(=O)NS(=O)(=O)C2(C)CC2)C[C@H]1C(F)F. The lowest BCUT2D eigenvalue weighted by Gasteiger charge is -2.36. The summed E-state index contributed by atoms with van der Waals surface area (Å²) in [7, 11) is -2.85. The van der Waals surface area contributed by atoms with Crippen molar-refractivity contribution in [2.24, 2.45) is 28.6 Å². The number of ether oxygens (including phenoxy) is 3. The van der Waals surface area contributed by atoms with Crippen LogP contribution in [0.3, 0.4) is 0 Å². The fourth-order valence-electron chi connectivity index (χ4n) is 8.80. The lowest BCUT2D eigenvalue weighted by atomic mass is 9.84. The van der Waals surface area contributed by atoms with Gasteiger partial charge in [0.25, 0.3) is 5.92 Å². The second-order valence-electron chi connectivity index (χ2n) is 18.6. The number of carbonyl (C=O) groups is 4. The highest BCUT2D eigenvalue weighted by Crippen LogP contribution is 2.59. The number of methoxy groups -OCH3 is 1. The maximum absolute atomic E-state index is 16.4. The van der Waals surface area contributed by atoms with Crippen LogP contribution in [0.5, 0.6) is 11.6 Å². The van der Waals surface area contributed by atoms with Gasteiger partial charge in [-0.3, -0.25) is 19.1 Å². The van der Waals surface area contributed by atoms with E-state index in [0.29, 0.717) is 25.0 Å². The molecule has 0 radical (unpaired) electrons. The van der Waals surface area contributed by atoms with Crippen LogP contribution in [-0.2, 0) is 35.1 Å². The highest BCUT2D eigenvalue weighted by atomic mass is 32.2. The molecule has 2 aromatic rings. The molecule has 3 amide bonds. The molecule has 2 N–H and O–H groups in total. The lowest BCUT2D eigenvalue weighted by molar-refractivity contribution is -0.143. The summed E-state index contributed by atoms with van der Waals surface area (Å²) >= 11 is 0. The van der Waals surface area contributed by atoms with E-state index in [2.05, 4.69) is 15.3 Å². The molecule has 2 bridgehead atoms. The van der Waals surface area contributed by atoms with Gasteiger partial charge >= 0.3 is 6.09 Å². The van der Waals surface area contributed by atoms with Crippen molar-refractivity contribution in [2.75, 3.05) is 13.7 Å². The molecule has 3 heterocycles. The maximum atomic E-state index is 16.4. The minimum absolute atomic E-state index is 0.0563. The third-order valence-corrected chi connectivity index (χ3v) is 15.3. The first-order valence-electron chi connectivity index (χ1n) is 20.6. The van der Waals surface area contributed by atoms with Crippen LogP contribution < -0.4 is 19.5 Å². The summed E-state index contributed by atoms with van der Waals surface area (Å²) in [5.74, 6) is -9.22. The van der Waals surface area contributed by atoms with Gasteiger partial charge in [-0.05, 0) is 75.3 Å². The third-order valence-electron chi connectivity index (χ3n) is 13.1. The zero-order valence-corrected chi connectivity index (χ0v) is 35.4. The number of sulfonamides is 1. The van der Waals surface area contributed by atoms with Crippen molar-refractivity contribution in [1.29, 1.82) is 0 Å². The Kier molecular flexibility index (Phi) is 11.4. The number of nitrogens with one attached hydrogen (secondary N) is 2. The van der Waals surface area contributed by atoms with Gasteiger partial charge in [-0.15, -0.1) is 0 Å². The predicted octanol–water partition coefficient (Wildman–Crippen LogP) is 6.05. The van der Waals surface area contributed by atoms with Crippen molar-refractivity contribution in [3.63, 3.8) is 0 Å². The number of hydrogen-bond donors (Lipinski definition) is 2. The number of halogens is 4. The maximum Gasteiger partial charge on any atom is 0.408 e. The Labute approximate surface area is 346 Å². The van der Waals surface area contributed by atoms with E-state index in [-0.39, 0.29) is 42.6 Å². The number of nitrogens with zero attached hydrogens (tertiary/aromatic N) is 3. The van der Waals surface area contributed by atoms with Crippen LogP contribution in [0.4, 0.5) is 22.4 Å². The number of Topliss-reactive ketones (excluding diaryl/α,β-unsaturated/α-hetero) is 1. The van der Waals surface area contributed by atoms with Crippen LogP contribution in [0.2, 0.25) is 0 Å². The van der Waals surface area contributed by atoms with Crippen molar-refractivity contribution in [1.82, 2.24) is 24.9 Å². The zero-order chi connectivity index (χ0) is 43.7. The fourth-order valence-corrected chi connectivity index (χ4v) is 10.1. The normalized spacial score (nSPS) is 31.4. The molecule has 0 spiro atoms. The first kappa shape index (κ1) is 43.8. The van der Waals surface area contributed by atoms with Gasteiger partial charge in [0.2, 0.25) is 34.1 Å². The van der Waals surface area contributed by atoms with Gasteiger partial charge in [-0.2, -0.15) is 8.78 Å². The van der Waals surface area contributed by atoms with E-state index in [4.69, 9.17) is 14.2 Å². The number of amides is 3. The number of carbonyl (C=O) groups excluding carboxylic acids is 4. The van der Waals surface area contributed by atoms with Crippen molar-refractivity contribution in [3.8, 4) is 11.6 Å². The molecule has 60 heavy (non-hydrogen) atoms. The summed E-state index contributed by atoms with van der Waals surface area (Å²) in [6.45, 7) is 7.76. The number of alkyl halides is 4. The summed E-state index contributed by atoms with van der Waals surface area (Å²) in [6, 6.07) is 1.75. The monoisotopic (exact) mass is 867 g/mol. The number of aromatic nitrogens is 2. The van der Waals surface area contributed by atoms with Crippen LogP contribution in [0.1, 0.15) is 105 Å². The molecule has 1 unspecified atom stereocenters. The number of hydrogen-bond acceptors (Lipinski definition) is 11. The van der Waals surface area contributed by atoms with Crippen molar-refractivity contribution < 1.29 is 59.4 Å². The zero-order valence-electron chi connectivity index (χ0n) is 34.6. The summed E-state index contributed by atoms with van der Waals surface area (Å²) < 4.78 is 106. The molecule has 2 aliphatic heterocycles. The van der Waals surface area contributed by atoms with Gasteiger partial charge in [-0.1, -0.05) is 34.1 Å². The summed E-state index contributed by atoms with van der Waals surface area (Å²) in [5, 5.41) is 2.68. The van der Waals surface area contributed by atoms with Gasteiger partial charge in [0, 0.05) is 30.7 Å². The Morgan fingerprint density at radius 3 is 2.40 bits per heavy atom. The van der Waals surface area contributed by atoms with Gasteiger partial charge in [-0.25, -0.2) is 32.0 Å². The molecular weight excluding hydrogens is 815 g/mol. The Hall–Kier alpha value is -4.29. The van der Waals surface area contributed by atoms with Crippen LogP contribution in [0.15, 0.2) is 18.2 Å². The van der Waals surface area contributed by atoms with Crippen molar-refractivity contribution in [3.05, 3.63) is 23.9 Å². The fraction of sp³-hybridized carbons (Fsp3) is 0.707. The average Bonchev–Trinajstić information content (AvgIpc) is 4.12. The Morgan fingerprint density at radius 1 is 1.07 bits per heavy atom. The first-order chi connectivity index (χ1) is 28.0. The molecule has 3 saturated carbocycles. The number of fused-ring (bicyclic) bond motifs is 5. The first-order valence-corrected chi connectivity index (χ1v) is 22.1. The van der Waals surface area contributed by atoms with Crippen LogP contribution in [0.25, 0.3) is 11.0 Å². The predicted molar refractivity (Wildman–Crippen MR) is 208 cm³/mol. The minimum atomic E-state index is -4.27. The van der Waals surface area contributed by atoms with E-state index in [0.717, 1.165) is 4.90 Å². The van der Waals surface area contributed by atoms with Crippen molar-refractivity contribution >= 4 is 44.7 Å². The molecule has 5 aliphatic rings. The van der Waals surface area contributed by atoms with E-state index >= 15 is 8.78 Å². The second-order valence-corrected chi connectivity index (χ2v) is 20.8. The molecule has 4 fully saturated rings. The molecule has 330 valence electrons. The standard InChI is InChI=1S/C41H53F4N5O9S/c1-7-23-29-20-50(30(23)27(51)19-40(18-24(40)33(42)43)36(53)49-60(55,56)39(5)14-15-39)35(52)32(38(2,3)4)48-37(54)59-28-16-21(28)10-8-9-13-41(44,45)31-34(58-29)47-26-17-22(57-6)11-12-25(26)46-31/h11-12,17,21,23-24,28-30,32-33H,7-10,13-16,18-20H2,1-6H3,(H,48,54)(H,49,53)/t21?,23-,24+,28-,29+,30+,32-,40-/m1/s1. The Bertz CT molecular complexity index is 2170. The molecule has 19 heteroatoms. The molecule has 8 atom stereocenters. The molecule has 3 aliphatic carbocycles. The van der Waals surface area contributed by atoms with Gasteiger partial charge in [0.1, 0.15) is 24.0 Å². The van der Waals surface area contributed by atoms with E-state index < -0.39 is 135 Å². The van der Waals surface area contributed by atoms with Gasteiger partial charge in [0.05, 0.1) is 40.9 Å². The van der Waals surface area contributed by atoms with Crippen LogP contribution in [0, 0.1) is 28.6 Å². The largest absolute Gasteiger partial charge is 0.497 e. The number of benzene rings is 1. The number of rotatable bonds is 9. The van der Waals surface area contributed by atoms with Crippen LogP contribution >= 0.6 is 0 Å². The molecule has 1 aromatic carbocycles. The minimum Gasteiger partial charge on any atom is -0.497 e. The average molecular weight is 868 g/mol. The molecule has 7 rings (SSSR count).